The molecule has 7 heteroatoms. The monoisotopic (exact) mass is 339 g/mol. The zero-order valence-corrected chi connectivity index (χ0v) is 14.0. The fourth-order valence-corrected chi connectivity index (χ4v) is 3.33. The second kappa shape index (κ2) is 7.47. The van der Waals surface area contributed by atoms with Crippen molar-refractivity contribution in [2.75, 3.05) is 32.8 Å². The third kappa shape index (κ3) is 3.94. The van der Waals surface area contributed by atoms with Gasteiger partial charge in [-0.1, -0.05) is 11.6 Å². The normalized spacial score (nSPS) is 24.3. The molecule has 1 aromatic rings. The van der Waals surface area contributed by atoms with Crippen LogP contribution >= 0.6 is 11.6 Å². The van der Waals surface area contributed by atoms with E-state index in [4.69, 9.17) is 21.1 Å². The first-order valence-electron chi connectivity index (χ1n) is 8.09. The van der Waals surface area contributed by atoms with E-state index in [2.05, 4.69) is 15.2 Å². The topological polar surface area (TPSA) is 63.7 Å². The van der Waals surface area contributed by atoms with Gasteiger partial charge in [0.25, 0.3) is 5.91 Å². The van der Waals surface area contributed by atoms with Crippen molar-refractivity contribution in [3.63, 3.8) is 0 Å². The van der Waals surface area contributed by atoms with Crippen molar-refractivity contribution in [1.82, 2.24) is 15.2 Å². The molecule has 0 saturated carbocycles. The maximum atomic E-state index is 12.2. The molecule has 1 aromatic heterocycles. The Morgan fingerprint density at radius 1 is 1.61 bits per heavy atom. The Balaban J connectivity index is 1.52. The lowest BCUT2D eigenvalue weighted by molar-refractivity contribution is -0.0461. The molecule has 23 heavy (non-hydrogen) atoms. The Morgan fingerprint density at radius 3 is 3.26 bits per heavy atom. The number of halogens is 1. The maximum Gasteiger partial charge on any atom is 0.252 e. The van der Waals surface area contributed by atoms with Crippen LogP contribution in [0.25, 0.3) is 0 Å². The first-order chi connectivity index (χ1) is 11.2. The molecular weight excluding hydrogens is 318 g/mol. The van der Waals surface area contributed by atoms with Crippen LogP contribution in [0.3, 0.4) is 0 Å². The van der Waals surface area contributed by atoms with E-state index in [9.17, 15) is 4.79 Å². The van der Waals surface area contributed by atoms with Crippen molar-refractivity contribution in [2.45, 2.75) is 31.9 Å². The average Bonchev–Trinajstić information content (AvgIpc) is 3.02. The lowest BCUT2D eigenvalue weighted by Gasteiger charge is -2.35. The van der Waals surface area contributed by atoms with Gasteiger partial charge < -0.3 is 14.8 Å². The number of nitrogens with one attached hydrogen (secondary N) is 1. The summed E-state index contributed by atoms with van der Waals surface area (Å²) in [5.41, 5.74) is 0.424. The van der Waals surface area contributed by atoms with Gasteiger partial charge in [-0.2, -0.15) is 0 Å². The number of rotatable bonds is 5. The van der Waals surface area contributed by atoms with Crippen LogP contribution in [0.15, 0.2) is 12.3 Å². The Labute approximate surface area is 141 Å². The Morgan fingerprint density at radius 2 is 2.48 bits per heavy atom. The highest BCUT2D eigenvalue weighted by molar-refractivity contribution is 6.32. The fraction of sp³-hybridized carbons (Fsp3) is 0.625. The lowest BCUT2D eigenvalue weighted by atomic mass is 10.2. The number of amides is 1. The second-order valence-electron chi connectivity index (χ2n) is 5.90. The third-order valence-corrected chi connectivity index (χ3v) is 4.57. The first-order valence-corrected chi connectivity index (χ1v) is 8.47. The van der Waals surface area contributed by atoms with Crippen LogP contribution < -0.4 is 10.1 Å². The molecule has 3 heterocycles. The number of pyridine rings is 1. The summed E-state index contributed by atoms with van der Waals surface area (Å²) >= 11 is 6.06. The van der Waals surface area contributed by atoms with Gasteiger partial charge in [0.05, 0.1) is 24.9 Å². The van der Waals surface area contributed by atoms with Crippen LogP contribution in [0.1, 0.15) is 30.1 Å². The molecule has 0 radical (unpaired) electrons. The summed E-state index contributed by atoms with van der Waals surface area (Å²) < 4.78 is 11.1. The molecule has 3 rings (SSSR count). The van der Waals surface area contributed by atoms with Gasteiger partial charge in [0.2, 0.25) is 5.88 Å². The lowest BCUT2D eigenvalue weighted by Crippen LogP contribution is -2.50. The van der Waals surface area contributed by atoms with Crippen molar-refractivity contribution in [3.8, 4) is 5.88 Å². The van der Waals surface area contributed by atoms with E-state index in [1.54, 1.807) is 6.07 Å². The summed E-state index contributed by atoms with van der Waals surface area (Å²) in [7, 11) is 0. The number of aromatic nitrogens is 1. The van der Waals surface area contributed by atoms with E-state index in [1.165, 1.54) is 19.0 Å². The molecule has 126 valence electrons. The maximum absolute atomic E-state index is 12.2. The van der Waals surface area contributed by atoms with Gasteiger partial charge in [-0.25, -0.2) is 4.98 Å². The third-order valence-electron chi connectivity index (χ3n) is 4.30. The van der Waals surface area contributed by atoms with Crippen molar-refractivity contribution in [2.24, 2.45) is 0 Å². The van der Waals surface area contributed by atoms with E-state index in [0.29, 0.717) is 35.7 Å². The minimum absolute atomic E-state index is 0.0411. The van der Waals surface area contributed by atoms with Gasteiger partial charge >= 0.3 is 0 Å². The highest BCUT2D eigenvalue weighted by atomic mass is 35.5. The number of hydrogen-bond donors (Lipinski definition) is 1. The molecule has 6 nitrogen and oxygen atoms in total. The molecule has 1 N–H and O–H groups in total. The van der Waals surface area contributed by atoms with Crippen LogP contribution in [0, 0.1) is 0 Å². The van der Waals surface area contributed by atoms with E-state index in [1.807, 2.05) is 6.92 Å². The molecule has 2 aliphatic rings. The van der Waals surface area contributed by atoms with E-state index < -0.39 is 0 Å². The van der Waals surface area contributed by atoms with Gasteiger partial charge in [0.1, 0.15) is 5.02 Å². The molecule has 2 atom stereocenters. The summed E-state index contributed by atoms with van der Waals surface area (Å²) in [6, 6.07) is 2.14. The van der Waals surface area contributed by atoms with Crippen LogP contribution in [-0.4, -0.2) is 60.8 Å². The summed E-state index contributed by atoms with van der Waals surface area (Å²) in [5, 5.41) is 3.24. The minimum atomic E-state index is -0.199. The largest absolute Gasteiger partial charge is 0.477 e. The second-order valence-corrected chi connectivity index (χ2v) is 6.31. The van der Waals surface area contributed by atoms with Crippen LogP contribution in [0.4, 0.5) is 0 Å². The smallest absolute Gasteiger partial charge is 0.252 e. The van der Waals surface area contributed by atoms with Gasteiger partial charge in [-0.3, -0.25) is 9.69 Å². The van der Waals surface area contributed by atoms with E-state index in [0.717, 1.165) is 19.7 Å². The van der Waals surface area contributed by atoms with Gasteiger partial charge in [-0.15, -0.1) is 0 Å². The zero-order chi connectivity index (χ0) is 16.2. The molecule has 2 unspecified atom stereocenters. The molecule has 0 aromatic carbocycles. The Bertz CT molecular complexity index is 570. The number of nitrogens with zero attached hydrogens (tertiary/aromatic N) is 2. The molecule has 2 fully saturated rings. The molecule has 1 amide bonds. The van der Waals surface area contributed by atoms with E-state index in [-0.39, 0.29) is 12.0 Å². The Kier molecular flexibility index (Phi) is 5.35. The molecule has 2 aliphatic heterocycles. The van der Waals surface area contributed by atoms with E-state index >= 15 is 0 Å². The first kappa shape index (κ1) is 16.5. The van der Waals surface area contributed by atoms with Crippen molar-refractivity contribution in [3.05, 3.63) is 22.8 Å². The highest BCUT2D eigenvalue weighted by Crippen LogP contribution is 2.23. The highest BCUT2D eigenvalue weighted by Gasteiger charge is 2.32. The van der Waals surface area contributed by atoms with Crippen LogP contribution in [0.5, 0.6) is 5.88 Å². The molecular formula is C16H22ClN3O3. The van der Waals surface area contributed by atoms with Crippen LogP contribution in [0.2, 0.25) is 5.02 Å². The van der Waals surface area contributed by atoms with Crippen molar-refractivity contribution in [1.29, 1.82) is 0 Å². The van der Waals surface area contributed by atoms with Gasteiger partial charge in [-0.05, 0) is 32.4 Å². The average molecular weight is 340 g/mol. The number of carbonyl (C=O) groups excluding carboxylic acids is 1. The fourth-order valence-electron chi connectivity index (χ4n) is 3.11. The predicted octanol–water partition coefficient (Wildman–Crippen LogP) is 1.73. The number of morpholine rings is 1. The summed E-state index contributed by atoms with van der Waals surface area (Å²) in [5.74, 6) is 0.149. The molecule has 0 bridgehead atoms. The summed E-state index contributed by atoms with van der Waals surface area (Å²) in [6.45, 7) is 5.61. The predicted molar refractivity (Wildman–Crippen MR) is 87.1 cm³/mol. The Hall–Kier alpha value is -1.37. The number of fused-ring (bicyclic) bond motifs is 1. The zero-order valence-electron chi connectivity index (χ0n) is 13.3. The van der Waals surface area contributed by atoms with Gasteiger partial charge in [0, 0.05) is 25.3 Å². The quantitative estimate of drug-likeness (QED) is 0.885. The summed E-state index contributed by atoms with van der Waals surface area (Å²) in [6.07, 6.45) is 3.97. The molecule has 2 saturated heterocycles. The minimum Gasteiger partial charge on any atom is -0.477 e. The van der Waals surface area contributed by atoms with Crippen LogP contribution in [-0.2, 0) is 4.74 Å². The standard InChI is InChI=1S/C16H22ClN3O3/c1-2-22-16-14(17)6-11(7-19-16)15(21)18-8-13-9-20-5-3-4-12(20)10-23-13/h6-7,12-13H,2-5,8-10H2,1H3,(H,18,21). The number of hydrogen-bond acceptors (Lipinski definition) is 5. The van der Waals surface area contributed by atoms with Gasteiger partial charge in [0.15, 0.2) is 0 Å². The SMILES string of the molecule is CCOc1ncc(C(=O)NCC2CN3CCCC3CO2)cc1Cl. The molecule has 0 spiro atoms. The van der Waals surface area contributed by atoms with Crippen molar-refractivity contribution >= 4 is 17.5 Å². The molecule has 0 aliphatic carbocycles. The number of carbonyl (C=O) groups is 1. The number of ether oxygens (including phenoxy) is 2. The van der Waals surface area contributed by atoms with Crippen molar-refractivity contribution < 1.29 is 14.3 Å². The summed E-state index contributed by atoms with van der Waals surface area (Å²) in [4.78, 5) is 18.7.